The maximum atomic E-state index is 12.2. The minimum Gasteiger partial charge on any atom is -0.507 e. The number of cyclic esters (lactones) is 1. The topological polar surface area (TPSA) is 87.0 Å². The predicted octanol–water partition coefficient (Wildman–Crippen LogP) is 3.80. The summed E-state index contributed by atoms with van der Waals surface area (Å²) in [7, 11) is 0. The monoisotopic (exact) mass is 362 g/mol. The zero-order valence-electron chi connectivity index (χ0n) is 15.9. The van der Waals surface area contributed by atoms with E-state index in [4.69, 9.17) is 4.74 Å². The smallest absolute Gasteiger partial charge is 0.342 e. The summed E-state index contributed by atoms with van der Waals surface area (Å²) in [5, 5.41) is 30.6. The number of hydrogen-bond donors (Lipinski definition) is 3. The molecular weight excluding hydrogens is 332 g/mol. The van der Waals surface area contributed by atoms with Gasteiger partial charge in [-0.15, -0.1) is 0 Å². The van der Waals surface area contributed by atoms with Crippen LogP contribution in [0.1, 0.15) is 80.5 Å². The molecule has 144 valence electrons. The lowest BCUT2D eigenvalue weighted by molar-refractivity contribution is -0.0233. The number of aliphatic hydroxyl groups excluding tert-OH is 2. The van der Waals surface area contributed by atoms with Crippen LogP contribution in [0.2, 0.25) is 0 Å². The Morgan fingerprint density at radius 2 is 1.96 bits per heavy atom. The first-order valence-corrected chi connectivity index (χ1v) is 9.40. The number of hydrogen-bond acceptors (Lipinski definition) is 5. The van der Waals surface area contributed by atoms with Crippen molar-refractivity contribution in [2.24, 2.45) is 0 Å². The number of fused-ring (bicyclic) bond motifs is 1. The molecule has 0 saturated heterocycles. The van der Waals surface area contributed by atoms with Gasteiger partial charge in [-0.2, -0.15) is 0 Å². The first-order valence-electron chi connectivity index (χ1n) is 9.40. The fourth-order valence-corrected chi connectivity index (χ4v) is 3.31. The number of esters is 1. The zero-order chi connectivity index (χ0) is 19.3. The molecular formula is C21H30O5. The Labute approximate surface area is 155 Å². The van der Waals surface area contributed by atoms with Crippen molar-refractivity contribution in [1.82, 2.24) is 0 Å². The molecule has 5 nitrogen and oxygen atoms in total. The van der Waals surface area contributed by atoms with E-state index in [9.17, 15) is 20.1 Å². The molecule has 3 atom stereocenters. The summed E-state index contributed by atoms with van der Waals surface area (Å²) < 4.78 is 5.42. The van der Waals surface area contributed by atoms with Gasteiger partial charge < -0.3 is 20.1 Å². The van der Waals surface area contributed by atoms with Gasteiger partial charge in [-0.1, -0.05) is 43.9 Å². The number of phenolic OH excluding ortho intramolecular Hbond substituents is 1. The first kappa shape index (κ1) is 20.5. The number of aliphatic hydroxyl groups is 2. The van der Waals surface area contributed by atoms with E-state index in [0.29, 0.717) is 18.4 Å². The maximum absolute atomic E-state index is 12.2. The van der Waals surface area contributed by atoms with Gasteiger partial charge in [0.25, 0.3) is 0 Å². The molecule has 26 heavy (non-hydrogen) atoms. The Morgan fingerprint density at radius 3 is 2.62 bits per heavy atom. The van der Waals surface area contributed by atoms with E-state index in [0.717, 1.165) is 30.4 Å². The Bertz CT molecular complexity index is 661. The van der Waals surface area contributed by atoms with Crippen molar-refractivity contribution < 1.29 is 24.9 Å². The van der Waals surface area contributed by atoms with Crippen LogP contribution in [0.25, 0.3) is 0 Å². The van der Waals surface area contributed by atoms with Gasteiger partial charge in [0.1, 0.15) is 17.4 Å². The SMILES string of the molecule is CCCCC[C@@H](O)[C@H](O)C[C@@H]1OC(=O)c2c(O)ccc(CC=C(C)C)c21. The lowest BCUT2D eigenvalue weighted by atomic mass is 9.91. The number of aromatic hydroxyl groups is 1. The van der Waals surface area contributed by atoms with E-state index in [1.165, 1.54) is 6.07 Å². The quantitative estimate of drug-likeness (QED) is 0.353. The van der Waals surface area contributed by atoms with Crippen LogP contribution in [-0.4, -0.2) is 33.5 Å². The number of ether oxygens (including phenoxy) is 1. The molecule has 1 aromatic rings. The van der Waals surface area contributed by atoms with E-state index in [1.54, 1.807) is 6.07 Å². The second-order valence-electron chi connectivity index (χ2n) is 7.28. The average molecular weight is 362 g/mol. The summed E-state index contributed by atoms with van der Waals surface area (Å²) in [6, 6.07) is 3.29. The van der Waals surface area contributed by atoms with Crippen molar-refractivity contribution in [2.45, 2.75) is 77.6 Å². The van der Waals surface area contributed by atoms with Crippen molar-refractivity contribution >= 4 is 5.97 Å². The van der Waals surface area contributed by atoms with Crippen LogP contribution in [0.4, 0.5) is 0 Å². The molecule has 0 amide bonds. The van der Waals surface area contributed by atoms with E-state index >= 15 is 0 Å². The van der Waals surface area contributed by atoms with Crippen LogP contribution in [0.15, 0.2) is 23.8 Å². The van der Waals surface area contributed by atoms with E-state index < -0.39 is 24.3 Å². The fourth-order valence-electron chi connectivity index (χ4n) is 3.31. The number of carbonyl (C=O) groups excluding carboxylic acids is 1. The number of unbranched alkanes of at least 4 members (excludes halogenated alkanes) is 2. The summed E-state index contributed by atoms with van der Waals surface area (Å²) in [5.41, 5.74) is 2.86. The molecule has 0 radical (unpaired) electrons. The highest BCUT2D eigenvalue weighted by Gasteiger charge is 2.37. The van der Waals surface area contributed by atoms with Crippen LogP contribution in [-0.2, 0) is 11.2 Å². The van der Waals surface area contributed by atoms with Crippen LogP contribution in [0, 0.1) is 0 Å². The maximum Gasteiger partial charge on any atom is 0.342 e. The molecule has 0 spiro atoms. The van der Waals surface area contributed by atoms with Gasteiger partial charge in [0.05, 0.1) is 12.2 Å². The first-order chi connectivity index (χ1) is 12.3. The van der Waals surface area contributed by atoms with Gasteiger partial charge in [-0.05, 0) is 38.3 Å². The average Bonchev–Trinajstić information content (AvgIpc) is 2.91. The lowest BCUT2D eigenvalue weighted by Crippen LogP contribution is -2.28. The van der Waals surface area contributed by atoms with Crippen molar-refractivity contribution in [1.29, 1.82) is 0 Å². The van der Waals surface area contributed by atoms with Crippen molar-refractivity contribution in [3.8, 4) is 5.75 Å². The minimum absolute atomic E-state index is 0.105. The Kier molecular flexibility index (Phi) is 7.23. The van der Waals surface area contributed by atoms with Crippen molar-refractivity contribution in [2.75, 3.05) is 0 Å². The predicted molar refractivity (Wildman–Crippen MR) is 100 cm³/mol. The lowest BCUT2D eigenvalue weighted by Gasteiger charge is -2.22. The summed E-state index contributed by atoms with van der Waals surface area (Å²) in [5.74, 6) is -0.680. The number of rotatable bonds is 9. The Hall–Kier alpha value is -1.85. The molecule has 1 aliphatic rings. The highest BCUT2D eigenvalue weighted by molar-refractivity contribution is 5.97. The molecule has 1 aromatic carbocycles. The molecule has 0 unspecified atom stereocenters. The summed E-state index contributed by atoms with van der Waals surface area (Å²) >= 11 is 0. The zero-order valence-corrected chi connectivity index (χ0v) is 15.9. The van der Waals surface area contributed by atoms with E-state index in [-0.39, 0.29) is 17.7 Å². The van der Waals surface area contributed by atoms with E-state index in [2.05, 4.69) is 6.92 Å². The molecule has 0 saturated carbocycles. The molecule has 0 bridgehead atoms. The summed E-state index contributed by atoms with van der Waals surface area (Å²) in [6.07, 6.45) is 3.73. The summed E-state index contributed by atoms with van der Waals surface area (Å²) in [4.78, 5) is 12.2. The molecule has 3 N–H and O–H groups in total. The number of carbonyl (C=O) groups is 1. The van der Waals surface area contributed by atoms with Gasteiger partial charge in [0, 0.05) is 12.0 Å². The Morgan fingerprint density at radius 1 is 1.23 bits per heavy atom. The highest BCUT2D eigenvalue weighted by atomic mass is 16.6. The molecule has 5 heteroatoms. The minimum atomic E-state index is -0.978. The van der Waals surface area contributed by atoms with Crippen LogP contribution >= 0.6 is 0 Å². The molecule has 0 aliphatic carbocycles. The van der Waals surface area contributed by atoms with Gasteiger partial charge in [0.15, 0.2) is 0 Å². The normalized spacial score (nSPS) is 18.2. The number of phenols is 1. The van der Waals surface area contributed by atoms with E-state index in [1.807, 2.05) is 19.9 Å². The number of allylic oxidation sites excluding steroid dienone is 2. The third-order valence-electron chi connectivity index (χ3n) is 4.82. The third-order valence-corrected chi connectivity index (χ3v) is 4.82. The van der Waals surface area contributed by atoms with Crippen LogP contribution < -0.4 is 0 Å². The van der Waals surface area contributed by atoms with Gasteiger partial charge in [-0.3, -0.25) is 0 Å². The molecule has 0 aromatic heterocycles. The van der Waals surface area contributed by atoms with Crippen LogP contribution in [0.5, 0.6) is 5.75 Å². The summed E-state index contributed by atoms with van der Waals surface area (Å²) in [6.45, 7) is 6.07. The largest absolute Gasteiger partial charge is 0.507 e. The standard InChI is InChI=1S/C21H30O5/c1-4-5-6-7-15(22)17(24)12-18-19-14(9-8-13(2)3)10-11-16(23)20(19)21(25)26-18/h8,10-11,15,17-18,22-24H,4-7,9,12H2,1-3H3/t15-,17-,18+/m1/s1. The molecule has 1 aliphatic heterocycles. The van der Waals surface area contributed by atoms with Crippen molar-refractivity contribution in [3.63, 3.8) is 0 Å². The van der Waals surface area contributed by atoms with Gasteiger partial charge in [0.2, 0.25) is 0 Å². The Balaban J connectivity index is 2.20. The molecule has 2 rings (SSSR count). The fraction of sp³-hybridized carbons (Fsp3) is 0.571. The van der Waals surface area contributed by atoms with Gasteiger partial charge >= 0.3 is 5.97 Å². The molecule has 0 fully saturated rings. The number of benzene rings is 1. The van der Waals surface area contributed by atoms with Crippen LogP contribution in [0.3, 0.4) is 0 Å². The molecule has 1 heterocycles. The second-order valence-corrected chi connectivity index (χ2v) is 7.28. The van der Waals surface area contributed by atoms with Crippen molar-refractivity contribution in [3.05, 3.63) is 40.5 Å². The second kappa shape index (κ2) is 9.19. The third kappa shape index (κ3) is 4.86. The van der Waals surface area contributed by atoms with Gasteiger partial charge in [-0.25, -0.2) is 4.79 Å². The highest BCUT2D eigenvalue weighted by Crippen LogP contribution is 2.41.